The fraction of sp³-hybridized carbons (Fsp3) is 0. The van der Waals surface area contributed by atoms with Crippen LogP contribution in [0.25, 0.3) is 0 Å². The van der Waals surface area contributed by atoms with Gasteiger partial charge in [-0.2, -0.15) is 4.39 Å². The molecule has 1 N–H and O–H groups in total. The predicted octanol–water partition coefficient (Wildman–Crippen LogP) is 3.37. The molecule has 0 radical (unpaired) electrons. The maximum Gasteiger partial charge on any atom is 0.257 e. The average Bonchev–Trinajstić information content (AvgIpc) is 2.33. The van der Waals surface area contributed by atoms with Gasteiger partial charge in [-0.25, -0.2) is 9.37 Å². The molecule has 1 heterocycles. The third-order valence-electron chi connectivity index (χ3n) is 2.17. The van der Waals surface area contributed by atoms with Crippen LogP contribution >= 0.6 is 15.9 Å². The number of halogens is 3. The van der Waals surface area contributed by atoms with Crippen molar-refractivity contribution in [3.63, 3.8) is 0 Å². The lowest BCUT2D eigenvalue weighted by molar-refractivity contribution is 0.102. The van der Waals surface area contributed by atoms with Gasteiger partial charge < -0.3 is 5.32 Å². The molecule has 1 aromatic heterocycles. The van der Waals surface area contributed by atoms with Crippen LogP contribution in [0.1, 0.15) is 10.4 Å². The Bertz CT molecular complexity index is 587. The lowest BCUT2D eigenvalue weighted by Crippen LogP contribution is -2.12. The number of amides is 1. The predicted molar refractivity (Wildman–Crippen MR) is 66.2 cm³/mol. The molecule has 2 aromatic rings. The standard InChI is InChI=1S/C12H7BrF2N2O/c13-9-5-8(14)2-3-10(9)17-12(18)7-1-4-11(15)16-6-7/h1-6H,(H,17,18). The number of hydrogen-bond acceptors (Lipinski definition) is 2. The lowest BCUT2D eigenvalue weighted by Gasteiger charge is -2.07. The summed E-state index contributed by atoms with van der Waals surface area (Å²) >= 11 is 3.13. The molecular weight excluding hydrogens is 306 g/mol. The minimum atomic E-state index is -0.658. The first-order valence-corrected chi connectivity index (χ1v) is 5.73. The van der Waals surface area contributed by atoms with Crippen LogP contribution < -0.4 is 5.32 Å². The Balaban J connectivity index is 2.18. The second-order valence-corrected chi connectivity index (χ2v) is 4.30. The molecule has 18 heavy (non-hydrogen) atoms. The minimum absolute atomic E-state index is 0.215. The molecule has 0 unspecified atom stereocenters. The largest absolute Gasteiger partial charge is 0.321 e. The molecule has 0 aliphatic heterocycles. The van der Waals surface area contributed by atoms with Crippen LogP contribution in [-0.4, -0.2) is 10.9 Å². The molecule has 0 fully saturated rings. The molecule has 6 heteroatoms. The summed E-state index contributed by atoms with van der Waals surface area (Å²) in [6.07, 6.45) is 1.13. The Hall–Kier alpha value is -1.82. The Kier molecular flexibility index (Phi) is 3.66. The Morgan fingerprint density at radius 2 is 2.00 bits per heavy atom. The zero-order chi connectivity index (χ0) is 13.1. The van der Waals surface area contributed by atoms with Gasteiger partial charge in [0.2, 0.25) is 5.95 Å². The van der Waals surface area contributed by atoms with E-state index in [1.165, 1.54) is 24.3 Å². The van der Waals surface area contributed by atoms with Gasteiger partial charge in [-0.05, 0) is 46.3 Å². The molecule has 0 aliphatic carbocycles. The summed E-state index contributed by atoms with van der Waals surface area (Å²) in [6, 6.07) is 6.29. The summed E-state index contributed by atoms with van der Waals surface area (Å²) in [7, 11) is 0. The highest BCUT2D eigenvalue weighted by Gasteiger charge is 2.09. The first kappa shape index (κ1) is 12.6. The third-order valence-corrected chi connectivity index (χ3v) is 2.82. The maximum absolute atomic E-state index is 12.9. The number of hydrogen-bond donors (Lipinski definition) is 1. The van der Waals surface area contributed by atoms with Crippen molar-refractivity contribution in [2.75, 3.05) is 5.32 Å². The van der Waals surface area contributed by atoms with E-state index in [9.17, 15) is 13.6 Å². The molecule has 0 aliphatic rings. The molecule has 0 saturated heterocycles. The Morgan fingerprint density at radius 1 is 1.22 bits per heavy atom. The van der Waals surface area contributed by atoms with Crippen LogP contribution in [0.2, 0.25) is 0 Å². The van der Waals surface area contributed by atoms with Gasteiger partial charge in [-0.3, -0.25) is 4.79 Å². The zero-order valence-corrected chi connectivity index (χ0v) is 10.5. The van der Waals surface area contributed by atoms with E-state index in [2.05, 4.69) is 26.2 Å². The van der Waals surface area contributed by atoms with E-state index < -0.39 is 17.7 Å². The van der Waals surface area contributed by atoms with E-state index in [4.69, 9.17) is 0 Å². The number of nitrogens with zero attached hydrogens (tertiary/aromatic N) is 1. The van der Waals surface area contributed by atoms with E-state index >= 15 is 0 Å². The number of anilines is 1. The fourth-order valence-corrected chi connectivity index (χ4v) is 1.75. The number of aromatic nitrogens is 1. The average molecular weight is 313 g/mol. The molecule has 0 atom stereocenters. The quantitative estimate of drug-likeness (QED) is 0.864. The summed E-state index contributed by atoms with van der Waals surface area (Å²) in [5, 5.41) is 2.56. The van der Waals surface area contributed by atoms with E-state index in [0.29, 0.717) is 10.2 Å². The summed E-state index contributed by atoms with van der Waals surface area (Å²) in [5.41, 5.74) is 0.637. The molecule has 0 saturated carbocycles. The Labute approximate surface area is 110 Å². The van der Waals surface area contributed by atoms with Gasteiger partial charge in [0.05, 0.1) is 11.3 Å². The smallest absolute Gasteiger partial charge is 0.257 e. The molecule has 3 nitrogen and oxygen atoms in total. The van der Waals surface area contributed by atoms with Gasteiger partial charge in [-0.15, -0.1) is 0 Å². The first-order chi connectivity index (χ1) is 8.56. The summed E-state index contributed by atoms with van der Waals surface area (Å²) < 4.78 is 25.9. The number of rotatable bonds is 2. The molecule has 1 amide bonds. The van der Waals surface area contributed by atoms with Gasteiger partial charge >= 0.3 is 0 Å². The molecule has 0 spiro atoms. The lowest BCUT2D eigenvalue weighted by atomic mass is 10.2. The second kappa shape index (κ2) is 5.22. The number of pyridine rings is 1. The van der Waals surface area contributed by atoms with Crippen molar-refractivity contribution in [1.82, 2.24) is 4.98 Å². The second-order valence-electron chi connectivity index (χ2n) is 3.45. The van der Waals surface area contributed by atoms with Gasteiger partial charge in [0.1, 0.15) is 5.82 Å². The fourth-order valence-electron chi connectivity index (χ4n) is 1.30. The van der Waals surface area contributed by atoms with E-state index in [1.54, 1.807) is 0 Å². The van der Waals surface area contributed by atoms with Crippen LogP contribution in [0.4, 0.5) is 14.5 Å². The molecular formula is C12H7BrF2N2O. The van der Waals surface area contributed by atoms with Crippen molar-refractivity contribution in [2.45, 2.75) is 0 Å². The van der Waals surface area contributed by atoms with Crippen LogP contribution in [0.5, 0.6) is 0 Å². The molecule has 2 rings (SSSR count). The maximum atomic E-state index is 12.9. The van der Waals surface area contributed by atoms with Crippen molar-refractivity contribution in [3.8, 4) is 0 Å². The van der Waals surface area contributed by atoms with Crippen LogP contribution in [0.15, 0.2) is 41.0 Å². The topological polar surface area (TPSA) is 42.0 Å². The van der Waals surface area contributed by atoms with Crippen molar-refractivity contribution in [1.29, 1.82) is 0 Å². The number of carbonyl (C=O) groups excluding carboxylic acids is 1. The SMILES string of the molecule is O=C(Nc1ccc(F)cc1Br)c1ccc(F)nc1. The normalized spacial score (nSPS) is 10.2. The highest BCUT2D eigenvalue weighted by molar-refractivity contribution is 9.10. The summed E-state index contributed by atoms with van der Waals surface area (Å²) in [4.78, 5) is 15.2. The van der Waals surface area contributed by atoms with E-state index in [1.807, 2.05) is 0 Å². The number of benzene rings is 1. The Morgan fingerprint density at radius 3 is 2.61 bits per heavy atom. The van der Waals surface area contributed by atoms with Gasteiger partial charge in [0.25, 0.3) is 5.91 Å². The van der Waals surface area contributed by atoms with Crippen LogP contribution in [0.3, 0.4) is 0 Å². The van der Waals surface area contributed by atoms with Crippen molar-refractivity contribution in [2.24, 2.45) is 0 Å². The van der Waals surface area contributed by atoms with Gasteiger partial charge in [0.15, 0.2) is 0 Å². The molecule has 0 bridgehead atoms. The van der Waals surface area contributed by atoms with Gasteiger partial charge in [0, 0.05) is 10.7 Å². The highest BCUT2D eigenvalue weighted by atomic mass is 79.9. The highest BCUT2D eigenvalue weighted by Crippen LogP contribution is 2.23. The van der Waals surface area contributed by atoms with Gasteiger partial charge in [-0.1, -0.05) is 0 Å². The van der Waals surface area contributed by atoms with Crippen molar-refractivity contribution in [3.05, 3.63) is 58.3 Å². The van der Waals surface area contributed by atoms with Crippen LogP contribution in [0, 0.1) is 11.8 Å². The van der Waals surface area contributed by atoms with E-state index in [0.717, 1.165) is 12.3 Å². The first-order valence-electron chi connectivity index (χ1n) is 4.94. The van der Waals surface area contributed by atoms with Crippen LogP contribution in [-0.2, 0) is 0 Å². The molecule has 1 aromatic carbocycles. The number of carbonyl (C=O) groups is 1. The monoisotopic (exact) mass is 312 g/mol. The zero-order valence-electron chi connectivity index (χ0n) is 8.95. The molecule has 92 valence electrons. The number of nitrogens with one attached hydrogen (secondary N) is 1. The summed E-state index contributed by atoms with van der Waals surface area (Å²) in [6.45, 7) is 0. The van der Waals surface area contributed by atoms with Crippen molar-refractivity contribution < 1.29 is 13.6 Å². The minimum Gasteiger partial charge on any atom is -0.321 e. The summed E-state index contributed by atoms with van der Waals surface area (Å²) in [5.74, 6) is -1.52. The van der Waals surface area contributed by atoms with Crippen molar-refractivity contribution >= 4 is 27.5 Å². The third kappa shape index (κ3) is 2.89. The van der Waals surface area contributed by atoms with E-state index in [-0.39, 0.29) is 5.56 Å².